The maximum atomic E-state index is 12.4. The Bertz CT molecular complexity index is 1080. The van der Waals surface area contributed by atoms with Crippen LogP contribution in [-0.2, 0) is 14.3 Å². The Morgan fingerprint density at radius 3 is 1.25 bits per heavy atom. The fourth-order valence-corrected chi connectivity index (χ4v) is 8.31. The molecule has 0 fully saturated rings. The minimum Gasteiger partial charge on any atom is -0.466 e. The van der Waals surface area contributed by atoms with Crippen LogP contribution in [0.3, 0.4) is 0 Å². The van der Waals surface area contributed by atoms with Gasteiger partial charge >= 0.3 is 5.97 Å². The van der Waals surface area contributed by atoms with Gasteiger partial charge in [-0.05, 0) is 77.0 Å². The Hall–Kier alpha value is -2.18. The van der Waals surface area contributed by atoms with Crippen LogP contribution in [0.1, 0.15) is 284 Å². The molecule has 6 heteroatoms. The molecule has 64 heavy (non-hydrogen) atoms. The number of hydrogen-bond acceptors (Lipinski definition) is 5. The van der Waals surface area contributed by atoms with Gasteiger partial charge in [0, 0.05) is 12.8 Å². The maximum Gasteiger partial charge on any atom is 0.305 e. The number of nitrogens with one attached hydrogen (secondary N) is 1. The van der Waals surface area contributed by atoms with Gasteiger partial charge in [0.05, 0.1) is 25.4 Å². The normalized spacial score (nSPS) is 13.0. The van der Waals surface area contributed by atoms with Gasteiger partial charge in [0.2, 0.25) is 5.91 Å². The lowest BCUT2D eigenvalue weighted by atomic mass is 10.0. The first-order chi connectivity index (χ1) is 31.5. The molecular weight excluding hydrogens is 791 g/mol. The standard InChI is InChI=1S/C58H107NO5/c1-3-5-7-9-11-13-15-17-19-20-21-22-24-26-30-34-38-42-46-50-56(61)55(54-60)59-57(62)51-47-43-39-35-31-27-25-29-33-37-41-45-49-53-64-58(63)52-48-44-40-36-32-28-23-18-16-14-12-10-8-6-4-2/h12,14,18,23,27,31,39,43,55-56,60-61H,3-11,13,15-17,19-22,24-26,28-30,32-38,40-42,44-54H2,1-2H3,(H,59,62)/b14-12-,23-18-,31-27-,43-39-. The summed E-state index contributed by atoms with van der Waals surface area (Å²) < 4.78 is 5.45. The molecular formula is C58H107NO5. The lowest BCUT2D eigenvalue weighted by molar-refractivity contribution is -0.143. The van der Waals surface area contributed by atoms with Crippen LogP contribution < -0.4 is 5.32 Å². The van der Waals surface area contributed by atoms with Gasteiger partial charge in [-0.1, -0.05) is 242 Å². The highest BCUT2D eigenvalue weighted by Crippen LogP contribution is 2.16. The van der Waals surface area contributed by atoms with Crippen LogP contribution in [-0.4, -0.2) is 47.4 Å². The summed E-state index contributed by atoms with van der Waals surface area (Å²) in [5, 5.41) is 23.2. The number of esters is 1. The molecule has 0 aromatic carbocycles. The Kier molecular flexibility index (Phi) is 51.6. The van der Waals surface area contributed by atoms with E-state index in [4.69, 9.17) is 4.74 Å². The second-order valence-corrected chi connectivity index (χ2v) is 18.9. The first-order valence-corrected chi connectivity index (χ1v) is 27.9. The summed E-state index contributed by atoms with van der Waals surface area (Å²) in [6.45, 7) is 4.86. The Morgan fingerprint density at radius 1 is 0.438 bits per heavy atom. The van der Waals surface area contributed by atoms with Crippen LogP contribution in [0.25, 0.3) is 0 Å². The summed E-state index contributed by atoms with van der Waals surface area (Å²) in [6.07, 6.45) is 66.7. The number of allylic oxidation sites excluding steroid dienone is 8. The van der Waals surface area contributed by atoms with Crippen molar-refractivity contribution < 1.29 is 24.5 Å². The summed E-state index contributed by atoms with van der Waals surface area (Å²) >= 11 is 0. The van der Waals surface area contributed by atoms with Gasteiger partial charge in [-0.15, -0.1) is 0 Å². The molecule has 2 atom stereocenters. The Morgan fingerprint density at radius 2 is 0.797 bits per heavy atom. The molecule has 2 unspecified atom stereocenters. The fraction of sp³-hybridized carbons (Fsp3) is 0.828. The zero-order valence-corrected chi connectivity index (χ0v) is 42.5. The number of amides is 1. The predicted octanol–water partition coefficient (Wildman–Crippen LogP) is 17.0. The third-order valence-corrected chi connectivity index (χ3v) is 12.6. The lowest BCUT2D eigenvalue weighted by Crippen LogP contribution is -2.45. The molecule has 0 spiro atoms. The molecule has 0 saturated heterocycles. The molecule has 1 amide bonds. The van der Waals surface area contributed by atoms with Crippen molar-refractivity contribution in [3.63, 3.8) is 0 Å². The minimum absolute atomic E-state index is 0.0312. The van der Waals surface area contributed by atoms with E-state index in [-0.39, 0.29) is 18.5 Å². The molecule has 0 heterocycles. The lowest BCUT2D eigenvalue weighted by Gasteiger charge is -2.22. The van der Waals surface area contributed by atoms with Crippen molar-refractivity contribution in [2.45, 2.75) is 296 Å². The first-order valence-electron chi connectivity index (χ1n) is 27.9. The molecule has 0 radical (unpaired) electrons. The van der Waals surface area contributed by atoms with E-state index in [1.54, 1.807) is 0 Å². The molecule has 0 aliphatic rings. The zero-order chi connectivity index (χ0) is 46.5. The number of rotatable bonds is 51. The van der Waals surface area contributed by atoms with Gasteiger partial charge in [0.15, 0.2) is 0 Å². The van der Waals surface area contributed by atoms with E-state index >= 15 is 0 Å². The molecule has 0 aromatic heterocycles. The zero-order valence-electron chi connectivity index (χ0n) is 42.5. The fourth-order valence-electron chi connectivity index (χ4n) is 8.31. The Labute approximate surface area is 397 Å². The molecule has 0 bridgehead atoms. The van der Waals surface area contributed by atoms with Crippen LogP contribution in [0.4, 0.5) is 0 Å². The predicted molar refractivity (Wildman–Crippen MR) is 278 cm³/mol. The van der Waals surface area contributed by atoms with Crippen LogP contribution in [0, 0.1) is 0 Å². The SMILES string of the molecule is CCCCC/C=C\C/C=C\CCCCCCCC(=O)OCCCCCCCC/C=C\C/C=C\CCC(=O)NC(CO)C(O)CCCCCCCCCCCCCCCCCCCCC. The molecule has 6 nitrogen and oxygen atoms in total. The van der Waals surface area contributed by atoms with Crippen LogP contribution >= 0.6 is 0 Å². The monoisotopic (exact) mass is 898 g/mol. The van der Waals surface area contributed by atoms with Crippen LogP contribution in [0.15, 0.2) is 48.6 Å². The van der Waals surface area contributed by atoms with E-state index in [0.717, 1.165) is 64.2 Å². The largest absolute Gasteiger partial charge is 0.466 e. The summed E-state index contributed by atoms with van der Waals surface area (Å²) in [5.74, 6) is -0.147. The van der Waals surface area contributed by atoms with E-state index in [9.17, 15) is 19.8 Å². The molecule has 0 saturated carbocycles. The molecule has 0 aliphatic heterocycles. The highest BCUT2D eigenvalue weighted by Gasteiger charge is 2.19. The second-order valence-electron chi connectivity index (χ2n) is 18.9. The molecule has 0 rings (SSSR count). The summed E-state index contributed by atoms with van der Waals surface area (Å²) in [5.41, 5.74) is 0. The maximum absolute atomic E-state index is 12.4. The quantitative estimate of drug-likeness (QED) is 0.0321. The number of carbonyl (C=O) groups is 2. The number of hydrogen-bond donors (Lipinski definition) is 3. The van der Waals surface area contributed by atoms with E-state index in [0.29, 0.717) is 32.3 Å². The van der Waals surface area contributed by atoms with Crippen molar-refractivity contribution in [2.24, 2.45) is 0 Å². The number of ether oxygens (including phenoxy) is 1. The molecule has 0 aromatic rings. The van der Waals surface area contributed by atoms with E-state index in [1.807, 2.05) is 6.08 Å². The average Bonchev–Trinajstić information content (AvgIpc) is 3.29. The summed E-state index contributed by atoms with van der Waals surface area (Å²) in [7, 11) is 0. The van der Waals surface area contributed by atoms with Crippen molar-refractivity contribution in [3.8, 4) is 0 Å². The number of unbranched alkanes of at least 4 members (excludes halogenated alkanes) is 32. The van der Waals surface area contributed by atoms with Gasteiger partial charge in [0.25, 0.3) is 0 Å². The highest BCUT2D eigenvalue weighted by molar-refractivity contribution is 5.76. The minimum atomic E-state index is -0.701. The van der Waals surface area contributed by atoms with Crippen molar-refractivity contribution in [1.82, 2.24) is 5.32 Å². The van der Waals surface area contributed by atoms with E-state index in [2.05, 4.69) is 61.7 Å². The third-order valence-electron chi connectivity index (χ3n) is 12.6. The summed E-state index contributed by atoms with van der Waals surface area (Å²) in [4.78, 5) is 24.5. The molecule has 0 aliphatic carbocycles. The van der Waals surface area contributed by atoms with Crippen molar-refractivity contribution in [3.05, 3.63) is 48.6 Å². The van der Waals surface area contributed by atoms with E-state index in [1.165, 1.54) is 180 Å². The van der Waals surface area contributed by atoms with Crippen LogP contribution in [0.5, 0.6) is 0 Å². The summed E-state index contributed by atoms with van der Waals surface area (Å²) in [6, 6.07) is -0.587. The van der Waals surface area contributed by atoms with Gasteiger partial charge in [-0.3, -0.25) is 9.59 Å². The van der Waals surface area contributed by atoms with Crippen molar-refractivity contribution in [1.29, 1.82) is 0 Å². The number of aliphatic hydroxyl groups is 2. The molecule has 3 N–H and O–H groups in total. The second kappa shape index (κ2) is 53.4. The van der Waals surface area contributed by atoms with E-state index < -0.39 is 12.1 Å². The first kappa shape index (κ1) is 61.8. The van der Waals surface area contributed by atoms with Crippen LogP contribution in [0.2, 0.25) is 0 Å². The smallest absolute Gasteiger partial charge is 0.305 e. The molecule has 374 valence electrons. The van der Waals surface area contributed by atoms with Gasteiger partial charge < -0.3 is 20.3 Å². The third kappa shape index (κ3) is 49.3. The number of carbonyl (C=O) groups excluding carboxylic acids is 2. The highest BCUT2D eigenvalue weighted by atomic mass is 16.5. The Balaban J connectivity index is 3.56. The van der Waals surface area contributed by atoms with Gasteiger partial charge in [0.1, 0.15) is 0 Å². The van der Waals surface area contributed by atoms with Gasteiger partial charge in [-0.25, -0.2) is 0 Å². The van der Waals surface area contributed by atoms with Gasteiger partial charge in [-0.2, -0.15) is 0 Å². The number of aliphatic hydroxyl groups excluding tert-OH is 2. The van der Waals surface area contributed by atoms with Crippen molar-refractivity contribution in [2.75, 3.05) is 13.2 Å². The van der Waals surface area contributed by atoms with Crippen molar-refractivity contribution >= 4 is 11.9 Å². The topological polar surface area (TPSA) is 95.9 Å². The average molecular weight is 898 g/mol.